The van der Waals surface area contributed by atoms with Gasteiger partial charge in [0.1, 0.15) is 5.38 Å². The molecule has 0 aromatic carbocycles. The zero-order valence-corrected chi connectivity index (χ0v) is 8.44. The quantitative estimate of drug-likeness (QED) is 0.743. The number of aliphatic carboxylic acids is 1. The van der Waals surface area contributed by atoms with Crippen molar-refractivity contribution in [3.05, 3.63) is 22.9 Å². The first-order valence-electron chi connectivity index (χ1n) is 4.18. The summed E-state index contributed by atoms with van der Waals surface area (Å²) in [4.78, 5) is 21.9. The van der Waals surface area contributed by atoms with Crippen molar-refractivity contribution in [2.75, 3.05) is 0 Å². The van der Waals surface area contributed by atoms with Crippen molar-refractivity contribution < 1.29 is 9.90 Å². The zero-order chi connectivity index (χ0) is 10.7. The van der Waals surface area contributed by atoms with Crippen molar-refractivity contribution in [3.63, 3.8) is 0 Å². The van der Waals surface area contributed by atoms with Crippen LogP contribution in [0.2, 0.25) is 0 Å². The second-order valence-corrected chi connectivity index (χ2v) is 3.35. The monoisotopic (exact) mass is 218 g/mol. The Morgan fingerprint density at radius 2 is 2.14 bits per heavy atom. The fourth-order valence-electron chi connectivity index (χ4n) is 1.08. The molecule has 0 spiro atoms. The van der Waals surface area contributed by atoms with E-state index in [1.165, 1.54) is 15.3 Å². The summed E-state index contributed by atoms with van der Waals surface area (Å²) >= 11 is 5.51. The molecule has 5 nitrogen and oxygen atoms in total. The van der Waals surface area contributed by atoms with Gasteiger partial charge in [0.15, 0.2) is 0 Å². The lowest BCUT2D eigenvalue weighted by molar-refractivity contribution is -0.136. The van der Waals surface area contributed by atoms with E-state index in [1.807, 2.05) is 6.92 Å². The topological polar surface area (TPSA) is 64.2 Å². The van der Waals surface area contributed by atoms with Crippen LogP contribution in [-0.4, -0.2) is 25.6 Å². The molecule has 0 bridgehead atoms. The molecule has 1 atom stereocenters. The molecule has 1 aromatic heterocycles. The molecule has 14 heavy (non-hydrogen) atoms. The van der Waals surface area contributed by atoms with Gasteiger partial charge in [0.25, 0.3) is 0 Å². The summed E-state index contributed by atoms with van der Waals surface area (Å²) in [5.41, 5.74) is -0.237. The van der Waals surface area contributed by atoms with Crippen LogP contribution in [0.25, 0.3) is 0 Å². The smallest absolute Gasteiger partial charge is 0.328 e. The summed E-state index contributed by atoms with van der Waals surface area (Å²) < 4.78 is 2.76. The van der Waals surface area contributed by atoms with Gasteiger partial charge in [0, 0.05) is 18.9 Å². The second kappa shape index (κ2) is 4.32. The van der Waals surface area contributed by atoms with E-state index in [4.69, 9.17) is 16.7 Å². The van der Waals surface area contributed by atoms with Crippen LogP contribution in [0.1, 0.15) is 6.92 Å². The van der Waals surface area contributed by atoms with Crippen LogP contribution < -0.4 is 5.69 Å². The lowest BCUT2D eigenvalue weighted by atomic mass is 10.4. The summed E-state index contributed by atoms with van der Waals surface area (Å²) in [6.45, 7) is 2.38. The third kappa shape index (κ3) is 2.17. The van der Waals surface area contributed by atoms with Gasteiger partial charge in [-0.25, -0.2) is 4.79 Å². The molecule has 1 aromatic rings. The average molecular weight is 219 g/mol. The molecule has 1 unspecified atom stereocenters. The number of carboxylic acids is 1. The number of carboxylic acid groups (broad SMARTS) is 1. The van der Waals surface area contributed by atoms with Crippen LogP contribution in [-0.2, 0) is 17.9 Å². The standard InChI is InChI=1S/C8H11ClN2O3/c1-2-10-3-4-11(8(10)14)5-6(9)7(12)13/h3-4,6H,2,5H2,1H3,(H,12,13). The SMILES string of the molecule is CCn1ccn(CC(Cl)C(=O)O)c1=O. The summed E-state index contributed by atoms with van der Waals surface area (Å²) in [5.74, 6) is -1.12. The van der Waals surface area contributed by atoms with Gasteiger partial charge in [0.2, 0.25) is 0 Å². The number of halogens is 1. The largest absolute Gasteiger partial charge is 0.480 e. The number of carbonyl (C=O) groups is 1. The highest BCUT2D eigenvalue weighted by Gasteiger charge is 2.15. The van der Waals surface area contributed by atoms with Crippen molar-refractivity contribution >= 4 is 17.6 Å². The predicted molar refractivity (Wildman–Crippen MR) is 51.6 cm³/mol. The molecular weight excluding hydrogens is 208 g/mol. The number of hydrogen-bond donors (Lipinski definition) is 1. The maximum absolute atomic E-state index is 11.4. The summed E-state index contributed by atoms with van der Waals surface area (Å²) in [7, 11) is 0. The molecule has 6 heteroatoms. The van der Waals surface area contributed by atoms with Crippen molar-refractivity contribution in [3.8, 4) is 0 Å². The van der Waals surface area contributed by atoms with Crippen LogP contribution >= 0.6 is 11.6 Å². The summed E-state index contributed by atoms with van der Waals surface area (Å²) in [6.07, 6.45) is 3.14. The molecule has 0 amide bonds. The maximum atomic E-state index is 11.4. The van der Waals surface area contributed by atoms with Gasteiger partial charge in [-0.1, -0.05) is 0 Å². The van der Waals surface area contributed by atoms with Crippen molar-refractivity contribution in [2.24, 2.45) is 0 Å². The Bertz CT molecular complexity index is 382. The first-order chi connectivity index (χ1) is 6.56. The fourth-order valence-corrected chi connectivity index (χ4v) is 1.23. The minimum absolute atomic E-state index is 0.0112. The average Bonchev–Trinajstić information content (AvgIpc) is 2.47. The fraction of sp³-hybridized carbons (Fsp3) is 0.500. The van der Waals surface area contributed by atoms with Crippen molar-refractivity contribution in [2.45, 2.75) is 25.4 Å². The van der Waals surface area contributed by atoms with E-state index in [1.54, 1.807) is 6.20 Å². The normalized spacial score (nSPS) is 12.7. The Kier molecular flexibility index (Phi) is 3.35. The number of imidazole rings is 1. The Labute approximate surface area is 85.5 Å². The van der Waals surface area contributed by atoms with Gasteiger partial charge in [-0.15, -0.1) is 11.6 Å². The molecule has 0 aliphatic carbocycles. The van der Waals surface area contributed by atoms with Gasteiger partial charge in [-0.05, 0) is 6.92 Å². The van der Waals surface area contributed by atoms with E-state index < -0.39 is 11.3 Å². The Morgan fingerprint density at radius 1 is 1.57 bits per heavy atom. The molecule has 0 radical (unpaired) electrons. The molecule has 1 N–H and O–H groups in total. The van der Waals surface area contributed by atoms with Crippen LogP contribution in [0.3, 0.4) is 0 Å². The van der Waals surface area contributed by atoms with Crippen LogP contribution in [0.15, 0.2) is 17.2 Å². The third-order valence-corrected chi connectivity index (χ3v) is 2.21. The van der Waals surface area contributed by atoms with E-state index in [0.717, 1.165) is 0 Å². The third-order valence-electron chi connectivity index (χ3n) is 1.88. The van der Waals surface area contributed by atoms with E-state index in [0.29, 0.717) is 6.54 Å². The lowest BCUT2D eigenvalue weighted by Gasteiger charge is -2.03. The molecule has 0 saturated carbocycles. The molecule has 0 aliphatic rings. The maximum Gasteiger partial charge on any atom is 0.328 e. The van der Waals surface area contributed by atoms with E-state index in [2.05, 4.69) is 0 Å². The van der Waals surface area contributed by atoms with E-state index >= 15 is 0 Å². The van der Waals surface area contributed by atoms with Gasteiger partial charge in [0.05, 0.1) is 6.54 Å². The highest BCUT2D eigenvalue weighted by atomic mass is 35.5. The Morgan fingerprint density at radius 3 is 2.57 bits per heavy atom. The summed E-state index contributed by atoms with van der Waals surface area (Å²) in [6, 6.07) is 0. The first-order valence-corrected chi connectivity index (χ1v) is 4.62. The second-order valence-electron chi connectivity index (χ2n) is 2.82. The number of alkyl halides is 1. The summed E-state index contributed by atoms with van der Waals surface area (Å²) in [5, 5.41) is 7.48. The molecule has 0 fully saturated rings. The Balaban J connectivity index is 2.83. The molecular formula is C8H11ClN2O3. The van der Waals surface area contributed by atoms with Gasteiger partial charge < -0.3 is 5.11 Å². The van der Waals surface area contributed by atoms with Gasteiger partial charge in [-0.2, -0.15) is 0 Å². The van der Waals surface area contributed by atoms with Crippen molar-refractivity contribution in [1.29, 1.82) is 0 Å². The molecule has 1 rings (SSSR count). The molecule has 0 aliphatic heterocycles. The minimum atomic E-state index is -1.12. The number of rotatable bonds is 4. The number of aryl methyl sites for hydroxylation is 1. The van der Waals surface area contributed by atoms with E-state index in [-0.39, 0.29) is 12.2 Å². The van der Waals surface area contributed by atoms with Gasteiger partial charge >= 0.3 is 11.7 Å². The van der Waals surface area contributed by atoms with Gasteiger partial charge in [-0.3, -0.25) is 13.9 Å². The van der Waals surface area contributed by atoms with Crippen LogP contribution in [0.4, 0.5) is 0 Å². The highest BCUT2D eigenvalue weighted by Crippen LogP contribution is 1.99. The molecule has 1 heterocycles. The van der Waals surface area contributed by atoms with Crippen LogP contribution in [0, 0.1) is 0 Å². The molecule has 0 saturated heterocycles. The van der Waals surface area contributed by atoms with Crippen LogP contribution in [0.5, 0.6) is 0 Å². The number of nitrogens with zero attached hydrogens (tertiary/aromatic N) is 2. The number of aromatic nitrogens is 2. The first kappa shape index (κ1) is 10.8. The molecule has 78 valence electrons. The van der Waals surface area contributed by atoms with Crippen molar-refractivity contribution in [1.82, 2.24) is 9.13 Å². The minimum Gasteiger partial charge on any atom is -0.480 e. The highest BCUT2D eigenvalue weighted by molar-refractivity contribution is 6.29. The number of hydrogen-bond acceptors (Lipinski definition) is 2. The Hall–Kier alpha value is -1.23. The predicted octanol–water partition coefficient (Wildman–Crippen LogP) is 0.362. The van der Waals surface area contributed by atoms with E-state index in [9.17, 15) is 9.59 Å². The lowest BCUT2D eigenvalue weighted by Crippen LogP contribution is -2.29. The zero-order valence-electron chi connectivity index (χ0n) is 7.68.